The van der Waals surface area contributed by atoms with Crippen LogP contribution < -0.4 is 5.32 Å². The molecule has 0 spiro atoms. The van der Waals surface area contributed by atoms with Gasteiger partial charge in [-0.05, 0) is 31.2 Å². The molecule has 0 bridgehead atoms. The number of benzene rings is 1. The van der Waals surface area contributed by atoms with Gasteiger partial charge in [0.25, 0.3) is 0 Å². The fourth-order valence-corrected chi connectivity index (χ4v) is 1.70. The minimum atomic E-state index is -0.349. The molecular weight excluding hydrogens is 333 g/mol. The van der Waals surface area contributed by atoms with Crippen LogP contribution in [0.1, 0.15) is 23.7 Å². The number of hydrogen-bond acceptors (Lipinski definition) is 3. The molecule has 0 unspecified atom stereocenters. The Balaban J connectivity index is 2.61. The molecule has 17 heavy (non-hydrogen) atoms. The molecule has 1 aromatic rings. The highest BCUT2D eigenvalue weighted by Gasteiger charge is 2.06. The van der Waals surface area contributed by atoms with Gasteiger partial charge in [0.2, 0.25) is 5.91 Å². The fraction of sp³-hybridized carbons (Fsp3) is 0.333. The third kappa shape index (κ3) is 4.72. The third-order valence-corrected chi connectivity index (χ3v) is 2.54. The van der Waals surface area contributed by atoms with Crippen LogP contribution in [-0.2, 0) is 9.53 Å². The lowest BCUT2D eigenvalue weighted by atomic mass is 10.2. The maximum absolute atomic E-state index is 11.4. The van der Waals surface area contributed by atoms with Crippen LogP contribution >= 0.6 is 22.6 Å². The van der Waals surface area contributed by atoms with Crippen LogP contribution in [0.25, 0.3) is 0 Å². The van der Waals surface area contributed by atoms with Crippen molar-refractivity contribution in [2.45, 2.75) is 13.3 Å². The summed E-state index contributed by atoms with van der Waals surface area (Å²) >= 11 is 2.15. The highest BCUT2D eigenvalue weighted by Crippen LogP contribution is 2.11. The Morgan fingerprint density at radius 3 is 2.47 bits per heavy atom. The zero-order chi connectivity index (χ0) is 12.7. The molecule has 0 aliphatic carbocycles. The molecule has 92 valence electrons. The van der Waals surface area contributed by atoms with Crippen molar-refractivity contribution in [2.24, 2.45) is 0 Å². The summed E-state index contributed by atoms with van der Waals surface area (Å²) in [6, 6.07) is 6.66. The lowest BCUT2D eigenvalue weighted by Crippen LogP contribution is -2.11. The van der Waals surface area contributed by atoms with Gasteiger partial charge in [0.1, 0.15) is 0 Å². The quantitative estimate of drug-likeness (QED) is 0.506. The maximum Gasteiger partial charge on any atom is 0.338 e. The second-order valence-corrected chi connectivity index (χ2v) is 4.36. The van der Waals surface area contributed by atoms with Crippen LogP contribution in [0.4, 0.5) is 5.69 Å². The SMILES string of the molecule is CCOC(=O)c1ccc(NC(=O)CCI)cc1. The van der Waals surface area contributed by atoms with Crippen LogP contribution in [0, 0.1) is 0 Å². The van der Waals surface area contributed by atoms with Gasteiger partial charge in [-0.25, -0.2) is 4.79 Å². The number of carbonyl (C=O) groups is 2. The molecule has 4 nitrogen and oxygen atoms in total. The van der Waals surface area contributed by atoms with Crippen molar-refractivity contribution in [3.63, 3.8) is 0 Å². The van der Waals surface area contributed by atoms with E-state index < -0.39 is 0 Å². The van der Waals surface area contributed by atoms with Crippen molar-refractivity contribution in [2.75, 3.05) is 16.4 Å². The van der Waals surface area contributed by atoms with Gasteiger partial charge < -0.3 is 10.1 Å². The number of alkyl halides is 1. The van der Waals surface area contributed by atoms with Crippen molar-refractivity contribution in [3.05, 3.63) is 29.8 Å². The summed E-state index contributed by atoms with van der Waals surface area (Å²) in [6.45, 7) is 2.11. The van der Waals surface area contributed by atoms with Crippen molar-refractivity contribution in [1.82, 2.24) is 0 Å². The van der Waals surface area contributed by atoms with Gasteiger partial charge in [-0.15, -0.1) is 0 Å². The topological polar surface area (TPSA) is 55.4 Å². The number of nitrogens with one attached hydrogen (secondary N) is 1. The van der Waals surface area contributed by atoms with Crippen LogP contribution in [0.2, 0.25) is 0 Å². The van der Waals surface area contributed by atoms with Gasteiger partial charge in [-0.3, -0.25) is 4.79 Å². The highest BCUT2D eigenvalue weighted by molar-refractivity contribution is 14.1. The molecular formula is C12H14INO3. The summed E-state index contributed by atoms with van der Waals surface area (Å²) in [5.41, 5.74) is 1.17. The Bertz CT molecular complexity index is 389. The van der Waals surface area contributed by atoms with E-state index in [-0.39, 0.29) is 11.9 Å². The van der Waals surface area contributed by atoms with Crippen LogP contribution in [-0.4, -0.2) is 22.9 Å². The molecule has 0 radical (unpaired) electrons. The van der Waals surface area contributed by atoms with E-state index >= 15 is 0 Å². The smallest absolute Gasteiger partial charge is 0.338 e. The minimum absolute atomic E-state index is 0.0247. The first kappa shape index (κ1) is 14.0. The summed E-state index contributed by atoms with van der Waals surface area (Å²) in [5, 5.41) is 2.75. The number of hydrogen-bond donors (Lipinski definition) is 1. The minimum Gasteiger partial charge on any atom is -0.462 e. The summed E-state index contributed by atoms with van der Waals surface area (Å²) in [4.78, 5) is 22.7. The Hall–Kier alpha value is -1.11. The van der Waals surface area contributed by atoms with Crippen LogP contribution in [0.5, 0.6) is 0 Å². The predicted molar refractivity (Wildman–Crippen MR) is 74.5 cm³/mol. The number of esters is 1. The molecule has 5 heteroatoms. The summed E-state index contributed by atoms with van der Waals surface area (Å²) in [7, 11) is 0. The number of carbonyl (C=O) groups excluding carboxylic acids is 2. The molecule has 0 saturated carbocycles. The summed E-state index contributed by atoms with van der Waals surface area (Å²) < 4.78 is 5.64. The molecule has 1 N–H and O–H groups in total. The van der Waals surface area contributed by atoms with Crippen LogP contribution in [0.3, 0.4) is 0 Å². The lowest BCUT2D eigenvalue weighted by Gasteiger charge is -2.05. The summed E-state index contributed by atoms with van der Waals surface area (Å²) in [5.74, 6) is -0.374. The van der Waals surface area contributed by atoms with Crippen LogP contribution in [0.15, 0.2) is 24.3 Å². The molecule has 1 amide bonds. The lowest BCUT2D eigenvalue weighted by molar-refractivity contribution is -0.115. The molecule has 0 fully saturated rings. The fourth-order valence-electron chi connectivity index (χ4n) is 1.21. The Morgan fingerprint density at radius 2 is 1.94 bits per heavy atom. The van der Waals surface area contributed by atoms with E-state index in [0.717, 1.165) is 4.43 Å². The Morgan fingerprint density at radius 1 is 1.29 bits per heavy atom. The molecule has 0 aromatic heterocycles. The van der Waals surface area contributed by atoms with Gasteiger partial charge in [0, 0.05) is 16.5 Å². The average Bonchev–Trinajstić information content (AvgIpc) is 2.30. The van der Waals surface area contributed by atoms with Gasteiger partial charge in [0.05, 0.1) is 12.2 Å². The highest BCUT2D eigenvalue weighted by atomic mass is 127. The number of ether oxygens (including phenoxy) is 1. The number of halogens is 1. The van der Waals surface area contributed by atoms with Crippen molar-refractivity contribution in [3.8, 4) is 0 Å². The number of anilines is 1. The van der Waals surface area contributed by atoms with E-state index in [1.807, 2.05) is 0 Å². The third-order valence-electron chi connectivity index (χ3n) is 2.00. The Kier molecular flexibility index (Phi) is 5.96. The molecule has 0 atom stereocenters. The largest absolute Gasteiger partial charge is 0.462 e. The standard InChI is InChI=1S/C12H14INO3/c1-2-17-12(16)9-3-5-10(6-4-9)14-11(15)7-8-13/h3-6H,2,7-8H2,1H3,(H,14,15). The van der Waals surface area contributed by atoms with Crippen molar-refractivity contribution >= 4 is 40.2 Å². The molecule has 0 heterocycles. The van der Waals surface area contributed by atoms with E-state index in [1.165, 1.54) is 0 Å². The average molecular weight is 347 g/mol. The second-order valence-electron chi connectivity index (χ2n) is 3.28. The van der Waals surface area contributed by atoms with E-state index in [9.17, 15) is 9.59 Å². The molecule has 1 rings (SSSR count). The number of amides is 1. The van der Waals surface area contributed by atoms with Gasteiger partial charge in [-0.2, -0.15) is 0 Å². The van der Waals surface area contributed by atoms with Crippen molar-refractivity contribution in [1.29, 1.82) is 0 Å². The second kappa shape index (κ2) is 7.26. The normalized spacial score (nSPS) is 9.76. The zero-order valence-corrected chi connectivity index (χ0v) is 11.7. The predicted octanol–water partition coefficient (Wildman–Crippen LogP) is 2.63. The first-order valence-corrected chi connectivity index (χ1v) is 6.83. The zero-order valence-electron chi connectivity index (χ0n) is 9.53. The molecule has 1 aromatic carbocycles. The number of rotatable bonds is 5. The molecule has 0 saturated heterocycles. The Labute approximate surface area is 114 Å². The molecule has 0 aliphatic rings. The van der Waals surface area contributed by atoms with E-state index in [4.69, 9.17) is 4.74 Å². The van der Waals surface area contributed by atoms with E-state index in [0.29, 0.717) is 24.3 Å². The van der Waals surface area contributed by atoms with E-state index in [1.54, 1.807) is 31.2 Å². The van der Waals surface area contributed by atoms with Gasteiger partial charge in [-0.1, -0.05) is 22.6 Å². The van der Waals surface area contributed by atoms with E-state index in [2.05, 4.69) is 27.9 Å². The molecule has 0 aliphatic heterocycles. The van der Waals surface area contributed by atoms with Gasteiger partial charge >= 0.3 is 5.97 Å². The monoisotopic (exact) mass is 347 g/mol. The van der Waals surface area contributed by atoms with Crippen molar-refractivity contribution < 1.29 is 14.3 Å². The summed E-state index contributed by atoms with van der Waals surface area (Å²) in [6.07, 6.45) is 0.486. The van der Waals surface area contributed by atoms with Gasteiger partial charge in [0.15, 0.2) is 0 Å². The maximum atomic E-state index is 11.4. The first-order valence-electron chi connectivity index (χ1n) is 5.30. The first-order chi connectivity index (χ1) is 8.17.